The van der Waals surface area contributed by atoms with Gasteiger partial charge in [-0.2, -0.15) is 0 Å². The van der Waals surface area contributed by atoms with E-state index in [0.29, 0.717) is 24.4 Å². The third-order valence-corrected chi connectivity index (χ3v) is 7.22. The van der Waals surface area contributed by atoms with Crippen LogP contribution in [0.2, 0.25) is 0 Å². The normalized spacial score (nSPS) is 20.4. The van der Waals surface area contributed by atoms with Gasteiger partial charge in [-0.25, -0.2) is 0 Å². The summed E-state index contributed by atoms with van der Waals surface area (Å²) in [6.45, 7) is 3.27. The first kappa shape index (κ1) is 22.3. The predicted octanol–water partition coefficient (Wildman–Crippen LogP) is 4.01. The van der Waals surface area contributed by atoms with Gasteiger partial charge in [0.25, 0.3) is 0 Å². The molecule has 0 spiro atoms. The zero-order chi connectivity index (χ0) is 21.2. The molecular formula is C24H33N3O2S. The van der Waals surface area contributed by atoms with Gasteiger partial charge in [0.2, 0.25) is 0 Å². The topological polar surface area (TPSA) is 62.7 Å². The van der Waals surface area contributed by atoms with Crippen molar-refractivity contribution in [3.8, 4) is 5.75 Å². The summed E-state index contributed by atoms with van der Waals surface area (Å²) in [6, 6.07) is 18.6. The number of rotatable bonds is 8. The first-order valence-corrected chi connectivity index (χ1v) is 12.2. The lowest BCUT2D eigenvalue weighted by Gasteiger charge is -2.30. The number of nitrogens with one attached hydrogen (secondary N) is 2. The maximum Gasteiger partial charge on any atom is 0.191 e. The Bertz CT molecular complexity index is 824. The summed E-state index contributed by atoms with van der Waals surface area (Å²) < 4.78 is 18.0. The molecule has 6 heteroatoms. The minimum Gasteiger partial charge on any atom is -0.489 e. The second-order valence-corrected chi connectivity index (χ2v) is 9.65. The van der Waals surface area contributed by atoms with Crippen molar-refractivity contribution in [1.82, 2.24) is 10.6 Å². The van der Waals surface area contributed by atoms with E-state index in [2.05, 4.69) is 39.9 Å². The molecule has 5 nitrogen and oxygen atoms in total. The molecular weight excluding hydrogens is 394 g/mol. The fourth-order valence-corrected chi connectivity index (χ4v) is 5.12. The molecule has 0 amide bonds. The summed E-state index contributed by atoms with van der Waals surface area (Å²) in [5.74, 6) is 2.41. The van der Waals surface area contributed by atoms with Gasteiger partial charge >= 0.3 is 0 Å². The fraction of sp³-hybridized carbons (Fsp3) is 0.458. The van der Waals surface area contributed by atoms with Crippen LogP contribution in [0.3, 0.4) is 0 Å². The van der Waals surface area contributed by atoms with Gasteiger partial charge in [-0.3, -0.25) is 9.20 Å². The third kappa shape index (κ3) is 6.87. The second-order valence-electron chi connectivity index (χ2n) is 7.64. The Balaban J connectivity index is 1.45. The van der Waals surface area contributed by atoms with Crippen molar-refractivity contribution in [3.05, 3.63) is 65.7 Å². The van der Waals surface area contributed by atoms with Gasteiger partial charge in [-0.05, 0) is 42.5 Å². The van der Waals surface area contributed by atoms with E-state index >= 15 is 0 Å². The summed E-state index contributed by atoms with van der Waals surface area (Å²) in [6.07, 6.45) is 4.25. The smallest absolute Gasteiger partial charge is 0.191 e. The molecule has 0 aromatic heterocycles. The van der Waals surface area contributed by atoms with Crippen molar-refractivity contribution in [2.75, 3.05) is 12.8 Å². The van der Waals surface area contributed by atoms with Gasteiger partial charge in [0.15, 0.2) is 5.96 Å². The van der Waals surface area contributed by atoms with Gasteiger partial charge in [-0.1, -0.05) is 55.8 Å². The van der Waals surface area contributed by atoms with E-state index in [9.17, 15) is 4.21 Å². The molecule has 0 heterocycles. The molecule has 2 aromatic rings. The molecule has 3 atom stereocenters. The Labute approximate surface area is 182 Å². The van der Waals surface area contributed by atoms with Crippen LogP contribution in [0, 0.1) is 0 Å². The number of guanidine groups is 1. The highest BCUT2D eigenvalue weighted by molar-refractivity contribution is 7.85. The van der Waals surface area contributed by atoms with Crippen LogP contribution < -0.4 is 15.4 Å². The average Bonchev–Trinajstić information content (AvgIpc) is 2.81. The SMILES string of the molecule is CCS(=O)C1CCCC(NC(=NC)NCc2ccc(OCc3ccccc3)cc2)C1. The lowest BCUT2D eigenvalue weighted by molar-refractivity contribution is 0.306. The van der Waals surface area contributed by atoms with Crippen LogP contribution in [-0.2, 0) is 24.0 Å². The summed E-state index contributed by atoms with van der Waals surface area (Å²) in [5, 5.41) is 7.21. The summed E-state index contributed by atoms with van der Waals surface area (Å²) >= 11 is 0. The van der Waals surface area contributed by atoms with Gasteiger partial charge < -0.3 is 15.4 Å². The van der Waals surface area contributed by atoms with Crippen molar-refractivity contribution >= 4 is 16.8 Å². The minimum absolute atomic E-state index is 0.308. The number of aliphatic imine (C=N–C) groups is 1. The lowest BCUT2D eigenvalue weighted by Crippen LogP contribution is -2.46. The molecule has 2 aromatic carbocycles. The quantitative estimate of drug-likeness (QED) is 0.494. The highest BCUT2D eigenvalue weighted by Crippen LogP contribution is 2.23. The highest BCUT2D eigenvalue weighted by atomic mass is 32.2. The second kappa shape index (κ2) is 11.7. The largest absolute Gasteiger partial charge is 0.489 e. The van der Waals surface area contributed by atoms with Crippen LogP contribution in [0.4, 0.5) is 0 Å². The van der Waals surface area contributed by atoms with Gasteiger partial charge in [0, 0.05) is 41.4 Å². The molecule has 162 valence electrons. The van der Waals surface area contributed by atoms with Gasteiger partial charge in [0.1, 0.15) is 12.4 Å². The van der Waals surface area contributed by atoms with Crippen LogP contribution in [0.15, 0.2) is 59.6 Å². The van der Waals surface area contributed by atoms with Crippen molar-refractivity contribution in [2.24, 2.45) is 4.99 Å². The predicted molar refractivity (Wildman–Crippen MR) is 125 cm³/mol. The number of hydrogen-bond acceptors (Lipinski definition) is 3. The summed E-state index contributed by atoms with van der Waals surface area (Å²) in [7, 11) is 1.08. The van der Waals surface area contributed by atoms with Gasteiger partial charge in [0.05, 0.1) is 0 Å². The zero-order valence-electron chi connectivity index (χ0n) is 18.0. The van der Waals surface area contributed by atoms with E-state index in [-0.39, 0.29) is 0 Å². The molecule has 0 radical (unpaired) electrons. The molecule has 3 rings (SSSR count). The first-order valence-electron chi connectivity index (χ1n) is 10.8. The van der Waals surface area contributed by atoms with Gasteiger partial charge in [-0.15, -0.1) is 0 Å². The molecule has 1 aliphatic carbocycles. The molecule has 3 unspecified atom stereocenters. The van der Waals surface area contributed by atoms with E-state index < -0.39 is 10.8 Å². The van der Waals surface area contributed by atoms with Crippen molar-refractivity contribution in [3.63, 3.8) is 0 Å². The maximum atomic E-state index is 12.2. The Morgan fingerprint density at radius 3 is 2.57 bits per heavy atom. The molecule has 2 N–H and O–H groups in total. The number of hydrogen-bond donors (Lipinski definition) is 2. The molecule has 1 aliphatic rings. The lowest BCUT2D eigenvalue weighted by atomic mass is 9.95. The Kier molecular flexibility index (Phi) is 8.75. The fourth-order valence-electron chi connectivity index (χ4n) is 3.77. The minimum atomic E-state index is -0.713. The van der Waals surface area contributed by atoms with E-state index in [1.165, 1.54) is 5.56 Å². The number of benzene rings is 2. The molecule has 0 saturated heterocycles. The van der Waals surface area contributed by atoms with Crippen molar-refractivity contribution in [2.45, 2.75) is 57.1 Å². The van der Waals surface area contributed by atoms with E-state index in [1.54, 1.807) is 7.05 Å². The van der Waals surface area contributed by atoms with E-state index in [4.69, 9.17) is 4.74 Å². The van der Waals surface area contributed by atoms with Crippen molar-refractivity contribution in [1.29, 1.82) is 0 Å². The number of ether oxygens (including phenoxy) is 1. The third-order valence-electron chi connectivity index (χ3n) is 5.48. The van der Waals surface area contributed by atoms with Crippen LogP contribution >= 0.6 is 0 Å². The first-order chi connectivity index (χ1) is 14.7. The average molecular weight is 428 g/mol. The van der Waals surface area contributed by atoms with Crippen LogP contribution in [-0.4, -0.2) is 34.3 Å². The zero-order valence-corrected chi connectivity index (χ0v) is 18.8. The van der Waals surface area contributed by atoms with E-state index in [1.807, 2.05) is 37.3 Å². The molecule has 1 fully saturated rings. The summed E-state index contributed by atoms with van der Waals surface area (Å²) in [4.78, 5) is 4.36. The van der Waals surface area contributed by atoms with E-state index in [0.717, 1.165) is 48.7 Å². The number of nitrogens with zero attached hydrogens (tertiary/aromatic N) is 1. The monoisotopic (exact) mass is 427 g/mol. The maximum absolute atomic E-state index is 12.2. The summed E-state index contributed by atoms with van der Waals surface area (Å²) in [5.41, 5.74) is 2.32. The molecule has 0 bridgehead atoms. The highest BCUT2D eigenvalue weighted by Gasteiger charge is 2.25. The van der Waals surface area contributed by atoms with Crippen LogP contribution in [0.1, 0.15) is 43.7 Å². The molecule has 30 heavy (non-hydrogen) atoms. The standard InChI is InChI=1S/C24H33N3O2S/c1-3-30(28)23-11-7-10-21(16-23)27-24(25-2)26-17-19-12-14-22(15-13-19)29-18-20-8-5-4-6-9-20/h4-6,8-9,12-15,21,23H,3,7,10-11,16-18H2,1-2H3,(H2,25,26,27). The van der Waals surface area contributed by atoms with Crippen LogP contribution in [0.25, 0.3) is 0 Å². The molecule has 0 aliphatic heterocycles. The Morgan fingerprint density at radius 2 is 1.87 bits per heavy atom. The Hall–Kier alpha value is -2.34. The van der Waals surface area contributed by atoms with Crippen molar-refractivity contribution < 1.29 is 8.95 Å². The molecule has 1 saturated carbocycles. The Morgan fingerprint density at radius 1 is 1.10 bits per heavy atom. The van der Waals surface area contributed by atoms with Crippen LogP contribution in [0.5, 0.6) is 5.75 Å².